The van der Waals surface area contributed by atoms with Crippen LogP contribution in [-0.4, -0.2) is 88.4 Å². The minimum atomic E-state index is -1.86. The van der Waals surface area contributed by atoms with E-state index >= 15 is 0 Å². The molecule has 6 unspecified atom stereocenters. The fourth-order valence-corrected chi connectivity index (χ4v) is 6.79. The lowest BCUT2D eigenvalue weighted by molar-refractivity contribution is -0.298. The van der Waals surface area contributed by atoms with Crippen LogP contribution in [0.15, 0.2) is 36.5 Å². The summed E-state index contributed by atoms with van der Waals surface area (Å²) in [6.07, 6.45) is 33.3. The van der Waals surface area contributed by atoms with Crippen molar-refractivity contribution in [1.29, 1.82) is 0 Å². The van der Waals surface area contributed by atoms with Crippen molar-refractivity contribution in [2.45, 2.75) is 230 Å². The van der Waals surface area contributed by atoms with E-state index in [0.29, 0.717) is 12.8 Å². The molecule has 0 aromatic rings. The quantitative estimate of drug-likeness (QED) is 0.0266. The molecular weight excluding hydrogens is 741 g/mol. The highest BCUT2D eigenvalue weighted by Gasteiger charge is 2.47. The molecule has 4 N–H and O–H groups in total. The van der Waals surface area contributed by atoms with Crippen LogP contribution < -0.4 is 0 Å². The van der Waals surface area contributed by atoms with Crippen molar-refractivity contribution in [3.8, 4) is 0 Å². The Labute approximate surface area is 351 Å². The van der Waals surface area contributed by atoms with Gasteiger partial charge in [-0.05, 0) is 70.6 Å². The molecule has 0 amide bonds. The smallest absolute Gasteiger partial charge is 0.335 e. The van der Waals surface area contributed by atoms with Gasteiger partial charge >= 0.3 is 17.9 Å². The number of carboxylic acid groups (broad SMARTS) is 1. The van der Waals surface area contributed by atoms with Crippen molar-refractivity contribution in [1.82, 2.24) is 0 Å². The number of carboxylic acids is 1. The van der Waals surface area contributed by atoms with Crippen LogP contribution in [0.1, 0.15) is 194 Å². The number of carbonyl (C=O) groups is 3. The Morgan fingerprint density at radius 1 is 0.534 bits per heavy atom. The van der Waals surface area contributed by atoms with E-state index in [1.54, 1.807) is 0 Å². The first-order chi connectivity index (χ1) is 28.2. The third kappa shape index (κ3) is 28.8. The topological polar surface area (TPSA) is 169 Å². The summed E-state index contributed by atoms with van der Waals surface area (Å²) in [7, 11) is 0. The maximum Gasteiger partial charge on any atom is 0.335 e. The molecule has 6 atom stereocenters. The van der Waals surface area contributed by atoms with E-state index in [0.717, 1.165) is 70.6 Å². The van der Waals surface area contributed by atoms with Crippen molar-refractivity contribution < 1.29 is 53.8 Å². The average Bonchev–Trinajstić information content (AvgIpc) is 3.21. The zero-order chi connectivity index (χ0) is 42.5. The number of unbranched alkanes of at least 4 members (excludes halogenated alkanes) is 21. The van der Waals surface area contributed by atoms with Gasteiger partial charge in [-0.2, -0.15) is 0 Å². The van der Waals surface area contributed by atoms with Gasteiger partial charge in [-0.1, -0.05) is 147 Å². The minimum absolute atomic E-state index is 0.172. The maximum absolute atomic E-state index is 12.7. The van der Waals surface area contributed by atoms with Crippen LogP contribution in [0.3, 0.4) is 0 Å². The fourth-order valence-electron chi connectivity index (χ4n) is 6.79. The van der Waals surface area contributed by atoms with Crippen LogP contribution in [0, 0.1) is 0 Å². The lowest BCUT2D eigenvalue weighted by Crippen LogP contribution is -2.60. The number of carbonyl (C=O) groups excluding carboxylic acids is 2. The molecule has 11 heteroatoms. The number of aliphatic carboxylic acids is 1. The highest BCUT2D eigenvalue weighted by Crippen LogP contribution is 2.23. The van der Waals surface area contributed by atoms with E-state index in [-0.39, 0.29) is 19.4 Å². The van der Waals surface area contributed by atoms with Gasteiger partial charge in [-0.3, -0.25) is 9.59 Å². The molecule has 1 rings (SSSR count). The van der Waals surface area contributed by atoms with E-state index in [1.807, 2.05) is 0 Å². The van der Waals surface area contributed by atoms with Crippen molar-refractivity contribution in [2.75, 3.05) is 13.2 Å². The van der Waals surface area contributed by atoms with Gasteiger partial charge in [0.05, 0.1) is 6.61 Å². The molecular formula is C47H82O11. The summed E-state index contributed by atoms with van der Waals surface area (Å²) in [4.78, 5) is 36.8. The van der Waals surface area contributed by atoms with E-state index < -0.39 is 61.3 Å². The predicted octanol–water partition coefficient (Wildman–Crippen LogP) is 9.98. The third-order valence-electron chi connectivity index (χ3n) is 10.5. The zero-order valence-electron chi connectivity index (χ0n) is 36.3. The summed E-state index contributed by atoms with van der Waals surface area (Å²) >= 11 is 0. The third-order valence-corrected chi connectivity index (χ3v) is 10.5. The summed E-state index contributed by atoms with van der Waals surface area (Å²) in [5.41, 5.74) is 0. The molecule has 11 nitrogen and oxygen atoms in total. The number of ether oxygens (including phenoxy) is 4. The average molecular weight is 823 g/mol. The molecule has 58 heavy (non-hydrogen) atoms. The van der Waals surface area contributed by atoms with Crippen LogP contribution >= 0.6 is 0 Å². The van der Waals surface area contributed by atoms with E-state index in [4.69, 9.17) is 18.9 Å². The van der Waals surface area contributed by atoms with Crippen LogP contribution in [0.5, 0.6) is 0 Å². The molecule has 0 bridgehead atoms. The van der Waals surface area contributed by atoms with Gasteiger partial charge < -0.3 is 39.4 Å². The molecule has 336 valence electrons. The van der Waals surface area contributed by atoms with E-state index in [2.05, 4.69) is 50.3 Å². The van der Waals surface area contributed by atoms with E-state index in [9.17, 15) is 34.8 Å². The molecule has 0 spiro atoms. The van der Waals surface area contributed by atoms with Crippen LogP contribution in [0.2, 0.25) is 0 Å². The predicted molar refractivity (Wildman–Crippen MR) is 229 cm³/mol. The second-order valence-corrected chi connectivity index (χ2v) is 15.9. The Kier molecular flexibility index (Phi) is 34.5. The number of hydrogen-bond acceptors (Lipinski definition) is 10. The number of aliphatic hydroxyl groups excluding tert-OH is 3. The second kappa shape index (κ2) is 37.4. The molecule has 1 fully saturated rings. The number of allylic oxidation sites excluding steroid dienone is 6. The molecule has 0 aromatic carbocycles. The van der Waals surface area contributed by atoms with Gasteiger partial charge in [0, 0.05) is 12.8 Å². The standard InChI is InChI=1S/C47H82O11/c1-3-5-7-9-11-13-15-17-18-19-20-21-22-24-25-27-29-31-33-35-40(48)55-37-39(38-56-47-44(52)42(50)43(51)45(58-47)46(53)54)57-41(49)36-34-32-30-28-26-23-16-14-12-10-8-6-4-2/h11,13-14,16-18,39,42-45,47,50-52H,3-10,12,15,19-38H2,1-2H3,(H,53,54)/b13-11-,16-14-,18-17-. The van der Waals surface area contributed by atoms with Crippen molar-refractivity contribution >= 4 is 17.9 Å². The molecule has 0 aromatic heterocycles. The molecule has 1 saturated heterocycles. The molecule has 1 heterocycles. The van der Waals surface area contributed by atoms with Gasteiger partial charge in [0.1, 0.15) is 24.9 Å². The Hall–Kier alpha value is -2.57. The van der Waals surface area contributed by atoms with Crippen LogP contribution in [0.4, 0.5) is 0 Å². The Bertz CT molecular complexity index is 1110. The lowest BCUT2D eigenvalue weighted by atomic mass is 9.99. The zero-order valence-corrected chi connectivity index (χ0v) is 36.3. The normalized spacial score (nSPS) is 20.3. The Morgan fingerprint density at radius 2 is 0.966 bits per heavy atom. The minimum Gasteiger partial charge on any atom is -0.479 e. The highest BCUT2D eigenvalue weighted by atomic mass is 16.7. The fraction of sp³-hybridized carbons (Fsp3) is 0.809. The number of rotatable bonds is 38. The molecule has 0 radical (unpaired) electrons. The number of hydrogen-bond donors (Lipinski definition) is 4. The van der Waals surface area contributed by atoms with Crippen molar-refractivity contribution in [2.24, 2.45) is 0 Å². The second-order valence-electron chi connectivity index (χ2n) is 15.9. The Morgan fingerprint density at radius 3 is 1.48 bits per heavy atom. The van der Waals surface area contributed by atoms with Crippen molar-refractivity contribution in [3.63, 3.8) is 0 Å². The first-order valence-corrected chi connectivity index (χ1v) is 23.0. The molecule has 0 aliphatic carbocycles. The van der Waals surface area contributed by atoms with Gasteiger partial charge in [0.2, 0.25) is 0 Å². The lowest BCUT2D eigenvalue weighted by Gasteiger charge is -2.38. The van der Waals surface area contributed by atoms with E-state index in [1.165, 1.54) is 83.5 Å². The van der Waals surface area contributed by atoms with Gasteiger partial charge in [-0.25, -0.2) is 4.79 Å². The maximum atomic E-state index is 12.7. The summed E-state index contributed by atoms with van der Waals surface area (Å²) in [6, 6.07) is 0. The summed E-state index contributed by atoms with van der Waals surface area (Å²) in [6.45, 7) is 3.76. The largest absolute Gasteiger partial charge is 0.479 e. The SMILES string of the molecule is CCCCC/C=C\C/C=C\CCCCCCCCCCCC(=O)OCC(COC1OC(C(=O)O)C(O)C(O)C1O)OC(=O)CCCCCCC/C=C\CCCCCC. The monoisotopic (exact) mass is 823 g/mol. The van der Waals surface area contributed by atoms with Crippen LogP contribution in [0.25, 0.3) is 0 Å². The number of aliphatic hydroxyl groups is 3. The first kappa shape index (κ1) is 53.4. The Balaban J connectivity index is 2.34. The van der Waals surface area contributed by atoms with Gasteiger partial charge in [-0.15, -0.1) is 0 Å². The molecule has 0 saturated carbocycles. The molecule has 1 aliphatic heterocycles. The van der Waals surface area contributed by atoms with Gasteiger partial charge in [0.15, 0.2) is 18.5 Å². The number of esters is 2. The summed E-state index contributed by atoms with van der Waals surface area (Å²) in [5, 5.41) is 39.8. The van der Waals surface area contributed by atoms with Crippen molar-refractivity contribution in [3.05, 3.63) is 36.5 Å². The first-order valence-electron chi connectivity index (χ1n) is 23.0. The highest BCUT2D eigenvalue weighted by molar-refractivity contribution is 5.73. The summed E-state index contributed by atoms with van der Waals surface area (Å²) < 4.78 is 21.7. The van der Waals surface area contributed by atoms with Crippen LogP contribution in [-0.2, 0) is 33.3 Å². The molecule has 1 aliphatic rings. The summed E-state index contributed by atoms with van der Waals surface area (Å²) in [5.74, 6) is -2.46. The van der Waals surface area contributed by atoms with Gasteiger partial charge in [0.25, 0.3) is 0 Å².